The van der Waals surface area contributed by atoms with Crippen LogP contribution in [-0.4, -0.2) is 18.6 Å². The Morgan fingerprint density at radius 2 is 2.07 bits per heavy atom. The van der Waals surface area contributed by atoms with Crippen molar-refractivity contribution in [3.63, 3.8) is 0 Å². The molecule has 0 bridgehead atoms. The first-order valence-corrected chi connectivity index (χ1v) is 5.23. The lowest BCUT2D eigenvalue weighted by Gasteiger charge is -2.25. The van der Waals surface area contributed by atoms with Gasteiger partial charge in [-0.15, -0.1) is 0 Å². The number of piperidine rings is 1. The number of hydrogen-bond acceptors (Lipinski definition) is 1. The van der Waals surface area contributed by atoms with Gasteiger partial charge in [-0.25, -0.2) is 4.39 Å². The molecule has 0 aromatic heterocycles. The molecule has 80 valence electrons. The van der Waals surface area contributed by atoms with E-state index in [2.05, 4.69) is 5.32 Å². The lowest BCUT2D eigenvalue weighted by Crippen LogP contribution is -2.44. The molecule has 2 nitrogen and oxygen atoms in total. The number of amides is 1. The van der Waals surface area contributed by atoms with Crippen LogP contribution < -0.4 is 5.32 Å². The smallest absolute Gasteiger partial charge is 0.254 e. The van der Waals surface area contributed by atoms with Crippen molar-refractivity contribution in [3.8, 4) is 0 Å². The topological polar surface area (TPSA) is 29.1 Å². The molecule has 1 fully saturated rings. The van der Waals surface area contributed by atoms with Gasteiger partial charge in [0, 0.05) is 12.5 Å². The van der Waals surface area contributed by atoms with Crippen molar-refractivity contribution in [2.24, 2.45) is 5.92 Å². The molecule has 3 heteroatoms. The predicted molar refractivity (Wildman–Crippen MR) is 56.2 cm³/mol. The standard InChI is InChI=1S/C12H14FNO/c13-11-10(6-7-14-12(11)15)8-9-4-2-1-3-5-9/h1-5,10-11H,6-8H2,(H,14,15)/t10-,11-/m1/s1. The monoisotopic (exact) mass is 207 g/mol. The fraction of sp³-hybridized carbons (Fsp3) is 0.417. The predicted octanol–water partition coefficient (Wildman–Crippen LogP) is 1.70. The Balaban J connectivity index is 2.02. The Hall–Kier alpha value is -1.38. The summed E-state index contributed by atoms with van der Waals surface area (Å²) >= 11 is 0. The van der Waals surface area contributed by atoms with E-state index in [1.54, 1.807) is 0 Å². The second-order valence-electron chi connectivity index (χ2n) is 3.93. The molecule has 0 spiro atoms. The van der Waals surface area contributed by atoms with Gasteiger partial charge in [-0.1, -0.05) is 30.3 Å². The minimum atomic E-state index is -1.35. The second-order valence-corrected chi connectivity index (χ2v) is 3.93. The fourth-order valence-corrected chi connectivity index (χ4v) is 1.96. The Morgan fingerprint density at radius 3 is 2.80 bits per heavy atom. The SMILES string of the molecule is O=C1NCC[C@H](Cc2ccccc2)[C@H]1F. The van der Waals surface area contributed by atoms with E-state index < -0.39 is 12.1 Å². The molecule has 1 heterocycles. The summed E-state index contributed by atoms with van der Waals surface area (Å²) in [5.74, 6) is -0.622. The zero-order valence-electron chi connectivity index (χ0n) is 8.45. The number of carbonyl (C=O) groups excluding carboxylic acids is 1. The third kappa shape index (κ3) is 2.35. The van der Waals surface area contributed by atoms with E-state index >= 15 is 0 Å². The van der Waals surface area contributed by atoms with E-state index in [0.717, 1.165) is 12.0 Å². The number of alkyl halides is 1. The number of halogens is 1. The molecule has 1 amide bonds. The highest BCUT2D eigenvalue weighted by atomic mass is 19.1. The van der Waals surface area contributed by atoms with Crippen LogP contribution in [0.15, 0.2) is 30.3 Å². The molecule has 2 atom stereocenters. The highest BCUT2D eigenvalue weighted by Crippen LogP contribution is 2.21. The average molecular weight is 207 g/mol. The van der Waals surface area contributed by atoms with E-state index in [1.807, 2.05) is 30.3 Å². The molecule has 0 unspecified atom stereocenters. The van der Waals surface area contributed by atoms with Crippen LogP contribution in [0.5, 0.6) is 0 Å². The summed E-state index contributed by atoms with van der Waals surface area (Å²) in [5.41, 5.74) is 1.10. The maximum absolute atomic E-state index is 13.5. The summed E-state index contributed by atoms with van der Waals surface area (Å²) in [7, 11) is 0. The van der Waals surface area contributed by atoms with Crippen molar-refractivity contribution in [1.29, 1.82) is 0 Å². The highest BCUT2D eigenvalue weighted by Gasteiger charge is 2.31. The van der Waals surface area contributed by atoms with Gasteiger partial charge in [-0.3, -0.25) is 4.79 Å². The third-order valence-electron chi connectivity index (χ3n) is 2.82. The van der Waals surface area contributed by atoms with Gasteiger partial charge in [0.05, 0.1) is 0 Å². The van der Waals surface area contributed by atoms with E-state index in [-0.39, 0.29) is 5.92 Å². The van der Waals surface area contributed by atoms with Crippen LogP contribution in [0.2, 0.25) is 0 Å². The van der Waals surface area contributed by atoms with Gasteiger partial charge in [0.2, 0.25) is 0 Å². The van der Waals surface area contributed by atoms with E-state index in [4.69, 9.17) is 0 Å². The molecular weight excluding hydrogens is 193 g/mol. The number of nitrogens with one attached hydrogen (secondary N) is 1. The van der Waals surface area contributed by atoms with Crippen molar-refractivity contribution < 1.29 is 9.18 Å². The van der Waals surface area contributed by atoms with Crippen molar-refractivity contribution in [1.82, 2.24) is 5.32 Å². The first-order chi connectivity index (χ1) is 7.27. The van der Waals surface area contributed by atoms with Crippen LogP contribution in [-0.2, 0) is 11.2 Å². The third-order valence-corrected chi connectivity index (χ3v) is 2.82. The molecule has 1 aromatic rings. The molecule has 2 rings (SSSR count). The van der Waals surface area contributed by atoms with Gasteiger partial charge < -0.3 is 5.32 Å². The van der Waals surface area contributed by atoms with Gasteiger partial charge >= 0.3 is 0 Å². The molecule has 1 N–H and O–H groups in total. The van der Waals surface area contributed by atoms with Crippen molar-refractivity contribution in [2.45, 2.75) is 19.0 Å². The minimum Gasteiger partial charge on any atom is -0.354 e. The van der Waals surface area contributed by atoms with Gasteiger partial charge in [-0.2, -0.15) is 0 Å². The van der Waals surface area contributed by atoms with E-state index in [0.29, 0.717) is 13.0 Å². The number of carbonyl (C=O) groups is 1. The molecule has 0 saturated carbocycles. The lowest BCUT2D eigenvalue weighted by atomic mass is 9.89. The quantitative estimate of drug-likeness (QED) is 0.785. The van der Waals surface area contributed by atoms with Crippen molar-refractivity contribution in [3.05, 3.63) is 35.9 Å². The number of benzene rings is 1. The zero-order chi connectivity index (χ0) is 10.7. The maximum Gasteiger partial charge on any atom is 0.254 e. The molecule has 1 aromatic carbocycles. The molecule has 1 saturated heterocycles. The van der Waals surface area contributed by atoms with Crippen LogP contribution in [0.25, 0.3) is 0 Å². The van der Waals surface area contributed by atoms with Crippen LogP contribution >= 0.6 is 0 Å². The highest BCUT2D eigenvalue weighted by molar-refractivity contribution is 5.81. The molecule has 1 aliphatic rings. The second kappa shape index (κ2) is 4.43. The summed E-state index contributed by atoms with van der Waals surface area (Å²) in [6.07, 6.45) is 0.0241. The van der Waals surface area contributed by atoms with Crippen LogP contribution in [0.1, 0.15) is 12.0 Å². The summed E-state index contributed by atoms with van der Waals surface area (Å²) < 4.78 is 13.5. The van der Waals surface area contributed by atoms with E-state index in [1.165, 1.54) is 0 Å². The lowest BCUT2D eigenvalue weighted by molar-refractivity contribution is -0.129. The largest absolute Gasteiger partial charge is 0.354 e. The Bertz CT molecular complexity index is 339. The van der Waals surface area contributed by atoms with Gasteiger partial charge in [0.1, 0.15) is 0 Å². The van der Waals surface area contributed by atoms with Crippen molar-refractivity contribution in [2.75, 3.05) is 6.54 Å². The molecule has 0 radical (unpaired) electrons. The maximum atomic E-state index is 13.5. The van der Waals surface area contributed by atoms with E-state index in [9.17, 15) is 9.18 Å². The molecule has 0 aliphatic carbocycles. The van der Waals surface area contributed by atoms with Gasteiger partial charge in [-0.05, 0) is 18.4 Å². The van der Waals surface area contributed by atoms with Crippen LogP contribution in [0.3, 0.4) is 0 Å². The van der Waals surface area contributed by atoms with Gasteiger partial charge in [0.25, 0.3) is 5.91 Å². The summed E-state index contributed by atoms with van der Waals surface area (Å²) in [6, 6.07) is 9.75. The first-order valence-electron chi connectivity index (χ1n) is 5.23. The molecule has 15 heavy (non-hydrogen) atoms. The minimum absolute atomic E-state index is 0.166. The van der Waals surface area contributed by atoms with Crippen molar-refractivity contribution >= 4 is 5.91 Å². The average Bonchev–Trinajstić information content (AvgIpc) is 2.26. The van der Waals surface area contributed by atoms with Gasteiger partial charge in [0.15, 0.2) is 6.17 Å². The Kier molecular flexibility index (Phi) is 2.99. The number of hydrogen-bond donors (Lipinski definition) is 1. The molecule has 1 aliphatic heterocycles. The van der Waals surface area contributed by atoms with Crippen LogP contribution in [0, 0.1) is 5.92 Å². The fourth-order valence-electron chi connectivity index (χ4n) is 1.96. The number of rotatable bonds is 2. The Labute approximate surface area is 88.5 Å². The summed E-state index contributed by atoms with van der Waals surface area (Å²) in [4.78, 5) is 11.1. The zero-order valence-corrected chi connectivity index (χ0v) is 8.45. The first kappa shape index (κ1) is 10.1. The Morgan fingerprint density at radius 1 is 1.33 bits per heavy atom. The summed E-state index contributed by atoms with van der Waals surface area (Å²) in [5, 5.41) is 2.53. The summed E-state index contributed by atoms with van der Waals surface area (Å²) in [6.45, 7) is 0.594. The van der Waals surface area contributed by atoms with Crippen LogP contribution in [0.4, 0.5) is 4.39 Å². The normalized spacial score (nSPS) is 26.1. The molecular formula is C12H14FNO.